The summed E-state index contributed by atoms with van der Waals surface area (Å²) < 4.78 is 0. The third-order valence-corrected chi connectivity index (χ3v) is 8.12. The highest BCUT2D eigenvalue weighted by Crippen LogP contribution is 2.45. The standard InChI is InChI=1S/C25H30N6O2S/c1-29-16-25(13-17-5-3-4-6-21(17)29)9-7-19-20(14-25)27-23(34-2)28-22(19)30-11-12-31(24(32)33)18(15-30)8-10-26/h3-6,18H,7-9,11-16H2,1-2H3,(H,32,33)/t18-,25+/m0/s1. The van der Waals surface area contributed by atoms with E-state index in [0.717, 1.165) is 48.9 Å². The van der Waals surface area contributed by atoms with Gasteiger partial charge in [0.1, 0.15) is 5.82 Å². The van der Waals surface area contributed by atoms with E-state index >= 15 is 0 Å². The van der Waals surface area contributed by atoms with Crippen LogP contribution in [0.25, 0.3) is 0 Å². The lowest BCUT2D eigenvalue weighted by atomic mass is 9.67. The first-order valence-corrected chi connectivity index (χ1v) is 13.0. The van der Waals surface area contributed by atoms with E-state index in [9.17, 15) is 15.2 Å². The molecule has 178 valence electrons. The van der Waals surface area contributed by atoms with Gasteiger partial charge >= 0.3 is 6.09 Å². The van der Waals surface area contributed by atoms with Gasteiger partial charge < -0.3 is 19.8 Å². The summed E-state index contributed by atoms with van der Waals surface area (Å²) in [6, 6.07) is 10.5. The number of carboxylic acid groups (broad SMARTS) is 1. The lowest BCUT2D eigenvalue weighted by Crippen LogP contribution is -2.55. The van der Waals surface area contributed by atoms with Gasteiger partial charge in [-0.05, 0) is 49.0 Å². The molecule has 1 aliphatic carbocycles. The summed E-state index contributed by atoms with van der Waals surface area (Å²) in [5.41, 5.74) is 5.22. The van der Waals surface area contributed by atoms with Gasteiger partial charge in [0, 0.05) is 44.5 Å². The Morgan fingerprint density at radius 1 is 1.29 bits per heavy atom. The summed E-state index contributed by atoms with van der Waals surface area (Å²) in [5, 5.41) is 19.6. The van der Waals surface area contributed by atoms with Gasteiger partial charge in [-0.2, -0.15) is 5.26 Å². The number of benzene rings is 1. The molecule has 2 atom stereocenters. The summed E-state index contributed by atoms with van der Waals surface area (Å²) >= 11 is 1.54. The molecule has 2 aliphatic heterocycles. The Kier molecular flexibility index (Phi) is 6.02. The molecular formula is C25H30N6O2S. The topological polar surface area (TPSA) is 96.6 Å². The number of hydrogen-bond donors (Lipinski definition) is 1. The Hall–Kier alpha value is -2.99. The Bertz CT molecular complexity index is 1150. The highest BCUT2D eigenvalue weighted by molar-refractivity contribution is 7.98. The molecule has 1 aromatic heterocycles. The second-order valence-electron chi connectivity index (χ2n) is 9.74. The van der Waals surface area contributed by atoms with Gasteiger partial charge in [-0.1, -0.05) is 30.0 Å². The molecule has 0 radical (unpaired) electrons. The summed E-state index contributed by atoms with van der Waals surface area (Å²) in [4.78, 5) is 27.5. The molecule has 9 heteroatoms. The average Bonchev–Trinajstić information content (AvgIpc) is 2.83. The molecule has 1 aromatic carbocycles. The van der Waals surface area contributed by atoms with Crippen LogP contribution in [0.4, 0.5) is 16.3 Å². The molecule has 34 heavy (non-hydrogen) atoms. The van der Waals surface area contributed by atoms with Crippen LogP contribution in [-0.4, -0.2) is 71.6 Å². The molecule has 1 N–H and O–H groups in total. The maximum absolute atomic E-state index is 11.7. The summed E-state index contributed by atoms with van der Waals surface area (Å²) in [7, 11) is 2.19. The van der Waals surface area contributed by atoms with E-state index in [-0.39, 0.29) is 17.9 Å². The SMILES string of the molecule is CSc1nc2c(c(N3CCN(C(=O)O)[C@@H](CC#N)C3)n1)CC[C@@]1(Cc3ccccc3N(C)C1)C2. The van der Waals surface area contributed by atoms with Gasteiger partial charge in [0.05, 0.1) is 24.2 Å². The molecule has 5 rings (SSSR count). The quantitative estimate of drug-likeness (QED) is 0.529. The number of piperazine rings is 1. The Labute approximate surface area is 204 Å². The zero-order valence-corrected chi connectivity index (χ0v) is 20.5. The predicted octanol–water partition coefficient (Wildman–Crippen LogP) is 3.45. The number of anilines is 2. The minimum absolute atomic E-state index is 0.156. The number of thioether (sulfide) groups is 1. The van der Waals surface area contributed by atoms with Crippen molar-refractivity contribution in [1.29, 1.82) is 5.26 Å². The number of amides is 1. The molecule has 8 nitrogen and oxygen atoms in total. The number of para-hydroxylation sites is 1. The maximum atomic E-state index is 11.7. The first-order valence-electron chi connectivity index (χ1n) is 11.8. The number of hydrogen-bond acceptors (Lipinski definition) is 7. The number of carbonyl (C=O) groups is 1. The molecule has 3 aliphatic rings. The van der Waals surface area contributed by atoms with Crippen molar-refractivity contribution < 1.29 is 9.90 Å². The van der Waals surface area contributed by atoms with Crippen molar-refractivity contribution >= 4 is 29.4 Å². The Morgan fingerprint density at radius 2 is 2.12 bits per heavy atom. The zero-order chi connectivity index (χ0) is 23.9. The Morgan fingerprint density at radius 3 is 2.88 bits per heavy atom. The van der Waals surface area contributed by atoms with Crippen molar-refractivity contribution in [3.63, 3.8) is 0 Å². The third kappa shape index (κ3) is 4.05. The van der Waals surface area contributed by atoms with E-state index in [1.807, 2.05) is 6.26 Å². The molecule has 0 saturated carbocycles. The first kappa shape index (κ1) is 22.8. The van der Waals surface area contributed by atoms with Crippen molar-refractivity contribution in [2.75, 3.05) is 49.3 Å². The second-order valence-corrected chi connectivity index (χ2v) is 10.5. The minimum Gasteiger partial charge on any atom is -0.465 e. The molecular weight excluding hydrogens is 448 g/mol. The van der Waals surface area contributed by atoms with Crippen molar-refractivity contribution in [2.24, 2.45) is 5.41 Å². The molecule has 1 saturated heterocycles. The van der Waals surface area contributed by atoms with Gasteiger partial charge in [-0.15, -0.1) is 0 Å². The van der Waals surface area contributed by atoms with Gasteiger partial charge in [0.2, 0.25) is 0 Å². The van der Waals surface area contributed by atoms with Crippen molar-refractivity contribution in [2.45, 2.75) is 43.3 Å². The smallest absolute Gasteiger partial charge is 0.407 e. The zero-order valence-electron chi connectivity index (χ0n) is 19.7. The fourth-order valence-electron chi connectivity index (χ4n) is 6.03. The summed E-state index contributed by atoms with van der Waals surface area (Å²) in [6.07, 6.45) is 5.18. The fourth-order valence-corrected chi connectivity index (χ4v) is 6.41. The normalized spacial score (nSPS) is 23.9. The van der Waals surface area contributed by atoms with E-state index in [2.05, 4.69) is 47.2 Å². The largest absolute Gasteiger partial charge is 0.465 e. The van der Waals surface area contributed by atoms with Crippen LogP contribution in [0.2, 0.25) is 0 Å². The van der Waals surface area contributed by atoms with E-state index < -0.39 is 6.09 Å². The van der Waals surface area contributed by atoms with Crippen LogP contribution in [0.15, 0.2) is 29.4 Å². The van der Waals surface area contributed by atoms with Gasteiger partial charge in [-0.3, -0.25) is 0 Å². The first-order chi connectivity index (χ1) is 16.4. The molecule has 2 aromatic rings. The summed E-state index contributed by atoms with van der Waals surface area (Å²) in [5.74, 6) is 0.932. The summed E-state index contributed by atoms with van der Waals surface area (Å²) in [6.45, 7) is 2.45. The highest BCUT2D eigenvalue weighted by atomic mass is 32.2. The molecule has 1 fully saturated rings. The molecule has 0 bridgehead atoms. The number of rotatable bonds is 3. The number of nitriles is 1. The van der Waals surface area contributed by atoms with Crippen LogP contribution in [-0.2, 0) is 19.3 Å². The molecule has 1 spiro atoms. The van der Waals surface area contributed by atoms with Crippen LogP contribution in [0, 0.1) is 16.7 Å². The number of nitrogens with zero attached hydrogens (tertiary/aromatic N) is 6. The molecule has 0 unspecified atom stereocenters. The maximum Gasteiger partial charge on any atom is 0.407 e. The van der Waals surface area contributed by atoms with Crippen LogP contribution >= 0.6 is 11.8 Å². The highest BCUT2D eigenvalue weighted by Gasteiger charge is 2.42. The molecule has 1 amide bonds. The lowest BCUT2D eigenvalue weighted by Gasteiger charge is -2.46. The van der Waals surface area contributed by atoms with Crippen molar-refractivity contribution in [1.82, 2.24) is 14.9 Å². The predicted molar refractivity (Wildman–Crippen MR) is 133 cm³/mol. The van der Waals surface area contributed by atoms with E-state index in [1.165, 1.54) is 21.7 Å². The van der Waals surface area contributed by atoms with E-state index in [4.69, 9.17) is 9.97 Å². The molecule has 3 heterocycles. The van der Waals surface area contributed by atoms with Crippen LogP contribution in [0.5, 0.6) is 0 Å². The van der Waals surface area contributed by atoms with E-state index in [1.54, 1.807) is 11.8 Å². The van der Waals surface area contributed by atoms with Gasteiger partial charge in [0.25, 0.3) is 0 Å². The second kappa shape index (κ2) is 8.99. The lowest BCUT2D eigenvalue weighted by molar-refractivity contribution is 0.119. The number of aromatic nitrogens is 2. The van der Waals surface area contributed by atoms with Crippen LogP contribution in [0.3, 0.4) is 0 Å². The monoisotopic (exact) mass is 478 g/mol. The van der Waals surface area contributed by atoms with Gasteiger partial charge in [0.15, 0.2) is 5.16 Å². The minimum atomic E-state index is -0.960. The average molecular weight is 479 g/mol. The third-order valence-electron chi connectivity index (χ3n) is 7.58. The van der Waals surface area contributed by atoms with E-state index in [0.29, 0.717) is 19.6 Å². The van der Waals surface area contributed by atoms with Gasteiger partial charge in [-0.25, -0.2) is 14.8 Å². The van der Waals surface area contributed by atoms with Crippen molar-refractivity contribution in [3.05, 3.63) is 41.1 Å². The Balaban J connectivity index is 1.46. The number of fused-ring (bicyclic) bond motifs is 2. The van der Waals surface area contributed by atoms with Crippen LogP contribution < -0.4 is 9.80 Å². The van der Waals surface area contributed by atoms with Crippen molar-refractivity contribution in [3.8, 4) is 6.07 Å². The van der Waals surface area contributed by atoms with Crippen LogP contribution in [0.1, 0.15) is 29.7 Å². The fraction of sp³-hybridized carbons (Fsp3) is 0.520.